The Morgan fingerprint density at radius 3 is 2.72 bits per heavy atom. The molecule has 2 rings (SSSR count). The SMILES string of the molecule is CNCc1ccc(N(C)C(C)c2cccs2)nn1. The third kappa shape index (κ3) is 2.86. The summed E-state index contributed by atoms with van der Waals surface area (Å²) in [5.41, 5.74) is 0.957. The summed E-state index contributed by atoms with van der Waals surface area (Å²) in [6.07, 6.45) is 0. The van der Waals surface area contributed by atoms with Crippen molar-refractivity contribution in [2.45, 2.75) is 19.5 Å². The molecule has 96 valence electrons. The normalized spacial score (nSPS) is 12.4. The molecule has 0 amide bonds. The number of nitrogens with zero attached hydrogens (tertiary/aromatic N) is 3. The number of rotatable bonds is 5. The molecule has 2 aromatic heterocycles. The lowest BCUT2D eigenvalue weighted by atomic mass is 10.2. The van der Waals surface area contributed by atoms with Crippen LogP contribution in [0.25, 0.3) is 0 Å². The van der Waals surface area contributed by atoms with Crippen LogP contribution in [-0.4, -0.2) is 24.3 Å². The van der Waals surface area contributed by atoms with Gasteiger partial charge in [-0.15, -0.1) is 16.4 Å². The van der Waals surface area contributed by atoms with E-state index in [1.807, 2.05) is 26.2 Å². The Morgan fingerprint density at radius 1 is 1.33 bits per heavy atom. The Balaban J connectivity index is 2.11. The molecule has 0 saturated heterocycles. The molecular formula is C13H18N4S. The minimum absolute atomic E-state index is 0.314. The highest BCUT2D eigenvalue weighted by atomic mass is 32.1. The quantitative estimate of drug-likeness (QED) is 0.898. The van der Waals surface area contributed by atoms with Crippen molar-refractivity contribution in [1.82, 2.24) is 15.5 Å². The van der Waals surface area contributed by atoms with Gasteiger partial charge in [0.05, 0.1) is 11.7 Å². The summed E-state index contributed by atoms with van der Waals surface area (Å²) in [4.78, 5) is 3.47. The lowest BCUT2D eigenvalue weighted by Crippen LogP contribution is -2.22. The van der Waals surface area contributed by atoms with Crippen molar-refractivity contribution < 1.29 is 0 Å². The van der Waals surface area contributed by atoms with E-state index in [1.165, 1.54) is 4.88 Å². The van der Waals surface area contributed by atoms with Crippen LogP contribution >= 0.6 is 11.3 Å². The maximum absolute atomic E-state index is 4.27. The molecule has 1 atom stereocenters. The van der Waals surface area contributed by atoms with Crippen molar-refractivity contribution in [3.05, 3.63) is 40.2 Å². The van der Waals surface area contributed by atoms with E-state index in [1.54, 1.807) is 11.3 Å². The van der Waals surface area contributed by atoms with Crippen LogP contribution in [0.3, 0.4) is 0 Å². The average molecular weight is 262 g/mol. The average Bonchev–Trinajstić information content (AvgIpc) is 2.92. The molecule has 5 heteroatoms. The standard InChI is InChI=1S/C13H18N4S/c1-10(12-5-4-8-18-12)17(3)13-7-6-11(9-14-2)15-16-13/h4-8,10,14H,9H2,1-3H3. The molecule has 18 heavy (non-hydrogen) atoms. The minimum Gasteiger partial charge on any atom is -0.351 e. The van der Waals surface area contributed by atoms with Gasteiger partial charge in [-0.25, -0.2) is 0 Å². The van der Waals surface area contributed by atoms with Crippen LogP contribution in [0.15, 0.2) is 29.6 Å². The molecule has 4 nitrogen and oxygen atoms in total. The maximum atomic E-state index is 4.27. The highest BCUT2D eigenvalue weighted by Gasteiger charge is 2.14. The molecule has 0 spiro atoms. The van der Waals surface area contributed by atoms with Gasteiger partial charge < -0.3 is 10.2 Å². The van der Waals surface area contributed by atoms with Crippen LogP contribution in [0.4, 0.5) is 5.82 Å². The number of anilines is 1. The summed E-state index contributed by atoms with van der Waals surface area (Å²) >= 11 is 1.77. The predicted molar refractivity (Wildman–Crippen MR) is 75.9 cm³/mol. The van der Waals surface area contributed by atoms with Gasteiger partial charge in [-0.05, 0) is 37.6 Å². The molecule has 0 aliphatic carbocycles. The van der Waals surface area contributed by atoms with Gasteiger partial charge in [-0.3, -0.25) is 0 Å². The molecule has 0 saturated carbocycles. The fourth-order valence-electron chi connectivity index (χ4n) is 1.73. The van der Waals surface area contributed by atoms with E-state index in [-0.39, 0.29) is 0 Å². The molecule has 0 aromatic carbocycles. The zero-order valence-electron chi connectivity index (χ0n) is 10.9. The van der Waals surface area contributed by atoms with Gasteiger partial charge >= 0.3 is 0 Å². The van der Waals surface area contributed by atoms with Crippen LogP contribution in [0.1, 0.15) is 23.5 Å². The zero-order valence-corrected chi connectivity index (χ0v) is 11.7. The van der Waals surface area contributed by atoms with E-state index in [9.17, 15) is 0 Å². The van der Waals surface area contributed by atoms with Crippen molar-refractivity contribution in [3.63, 3.8) is 0 Å². The summed E-state index contributed by atoms with van der Waals surface area (Å²) in [5.74, 6) is 0.899. The predicted octanol–water partition coefficient (Wildman–Crippen LogP) is 2.45. The first-order valence-corrected chi connectivity index (χ1v) is 6.83. The second-order valence-electron chi connectivity index (χ2n) is 4.22. The molecule has 0 aliphatic heterocycles. The fraction of sp³-hybridized carbons (Fsp3) is 0.385. The lowest BCUT2D eigenvalue weighted by Gasteiger charge is -2.24. The Hall–Kier alpha value is -1.46. The van der Waals surface area contributed by atoms with E-state index in [2.05, 4.69) is 44.9 Å². The van der Waals surface area contributed by atoms with Gasteiger partial charge in [0.15, 0.2) is 5.82 Å². The van der Waals surface area contributed by atoms with E-state index in [0.717, 1.165) is 18.1 Å². The second-order valence-corrected chi connectivity index (χ2v) is 5.19. The first-order chi connectivity index (χ1) is 8.72. The van der Waals surface area contributed by atoms with Gasteiger partial charge in [-0.1, -0.05) is 6.07 Å². The summed E-state index contributed by atoms with van der Waals surface area (Å²) in [6.45, 7) is 2.92. The van der Waals surface area contributed by atoms with Crippen molar-refractivity contribution in [2.75, 3.05) is 19.0 Å². The molecular weight excluding hydrogens is 244 g/mol. The largest absolute Gasteiger partial charge is 0.351 e. The van der Waals surface area contributed by atoms with Gasteiger partial charge in [0.1, 0.15) is 0 Å². The van der Waals surface area contributed by atoms with Gasteiger partial charge in [0.2, 0.25) is 0 Å². The zero-order chi connectivity index (χ0) is 13.0. The Bertz CT molecular complexity index is 466. The summed E-state index contributed by atoms with van der Waals surface area (Å²) < 4.78 is 0. The van der Waals surface area contributed by atoms with Gasteiger partial charge in [0.25, 0.3) is 0 Å². The maximum Gasteiger partial charge on any atom is 0.151 e. The van der Waals surface area contributed by atoms with E-state index < -0.39 is 0 Å². The number of aromatic nitrogens is 2. The molecule has 1 N–H and O–H groups in total. The number of hydrogen-bond donors (Lipinski definition) is 1. The molecule has 0 fully saturated rings. The van der Waals surface area contributed by atoms with Crippen LogP contribution in [-0.2, 0) is 6.54 Å². The van der Waals surface area contributed by atoms with Crippen LogP contribution in [0, 0.1) is 0 Å². The minimum atomic E-state index is 0.314. The highest BCUT2D eigenvalue weighted by molar-refractivity contribution is 7.10. The lowest BCUT2D eigenvalue weighted by molar-refractivity contribution is 0.717. The molecule has 0 aliphatic rings. The Kier molecular flexibility index (Phi) is 4.28. The van der Waals surface area contributed by atoms with Crippen molar-refractivity contribution in [1.29, 1.82) is 0 Å². The fourth-order valence-corrected chi connectivity index (χ4v) is 2.56. The monoisotopic (exact) mass is 262 g/mol. The highest BCUT2D eigenvalue weighted by Crippen LogP contribution is 2.26. The van der Waals surface area contributed by atoms with Crippen LogP contribution in [0.2, 0.25) is 0 Å². The third-order valence-electron chi connectivity index (χ3n) is 2.96. The topological polar surface area (TPSA) is 41.0 Å². The van der Waals surface area contributed by atoms with Crippen LogP contribution < -0.4 is 10.2 Å². The van der Waals surface area contributed by atoms with Crippen molar-refractivity contribution in [2.24, 2.45) is 0 Å². The van der Waals surface area contributed by atoms with E-state index in [4.69, 9.17) is 0 Å². The first-order valence-electron chi connectivity index (χ1n) is 5.96. The molecule has 2 aromatic rings. The number of hydrogen-bond acceptors (Lipinski definition) is 5. The van der Waals surface area contributed by atoms with Gasteiger partial charge in [0, 0.05) is 18.5 Å². The molecule has 0 bridgehead atoms. The van der Waals surface area contributed by atoms with Gasteiger partial charge in [-0.2, -0.15) is 5.10 Å². The Morgan fingerprint density at radius 2 is 2.17 bits per heavy atom. The summed E-state index contributed by atoms with van der Waals surface area (Å²) in [6, 6.07) is 8.57. The summed E-state index contributed by atoms with van der Waals surface area (Å²) in [7, 11) is 3.95. The van der Waals surface area contributed by atoms with E-state index >= 15 is 0 Å². The number of nitrogens with one attached hydrogen (secondary N) is 1. The van der Waals surface area contributed by atoms with Crippen molar-refractivity contribution in [3.8, 4) is 0 Å². The summed E-state index contributed by atoms with van der Waals surface area (Å²) in [5, 5.41) is 13.6. The van der Waals surface area contributed by atoms with E-state index in [0.29, 0.717) is 6.04 Å². The molecule has 0 radical (unpaired) electrons. The smallest absolute Gasteiger partial charge is 0.151 e. The molecule has 1 unspecified atom stereocenters. The van der Waals surface area contributed by atoms with Crippen molar-refractivity contribution >= 4 is 17.2 Å². The number of thiophene rings is 1. The Labute approximate surface area is 112 Å². The first kappa shape index (κ1) is 13.0. The second kappa shape index (κ2) is 5.93. The third-order valence-corrected chi connectivity index (χ3v) is 4.00. The molecule has 2 heterocycles. The van der Waals surface area contributed by atoms with Crippen LogP contribution in [0.5, 0.6) is 0 Å².